The Balaban J connectivity index is 2.02. The van der Waals surface area contributed by atoms with Gasteiger partial charge >= 0.3 is 5.97 Å². The molecule has 0 bridgehead atoms. The molecule has 2 aromatic rings. The van der Waals surface area contributed by atoms with Crippen LogP contribution in [0.3, 0.4) is 0 Å². The average Bonchev–Trinajstić information content (AvgIpc) is 2.66. The van der Waals surface area contributed by atoms with Crippen LogP contribution in [-0.4, -0.2) is 17.7 Å². The number of benzene rings is 2. The molecule has 0 aliphatic carbocycles. The number of fused-ring (bicyclic) bond motifs is 2. The number of rotatable bonds is 2. The van der Waals surface area contributed by atoms with Gasteiger partial charge in [0, 0.05) is 9.79 Å². The minimum Gasteiger partial charge on any atom is -0.508 e. The highest BCUT2D eigenvalue weighted by Crippen LogP contribution is 2.39. The number of carbonyl (C=O) groups is 1. The van der Waals surface area contributed by atoms with Crippen molar-refractivity contribution in [1.29, 1.82) is 0 Å². The van der Waals surface area contributed by atoms with E-state index in [2.05, 4.69) is 0 Å². The summed E-state index contributed by atoms with van der Waals surface area (Å²) in [5.74, 6) is 0.0228. The van der Waals surface area contributed by atoms with Crippen LogP contribution in [0.2, 0.25) is 0 Å². The van der Waals surface area contributed by atoms with Gasteiger partial charge in [-0.05, 0) is 61.2 Å². The molecule has 0 saturated heterocycles. The summed E-state index contributed by atoms with van der Waals surface area (Å²) in [6, 6.07) is 11.2. The van der Waals surface area contributed by atoms with Crippen molar-refractivity contribution >= 4 is 17.7 Å². The zero-order valence-electron chi connectivity index (χ0n) is 11.8. The molecule has 1 aliphatic heterocycles. The number of hydrogen-bond donors (Lipinski definition) is 1. The summed E-state index contributed by atoms with van der Waals surface area (Å²) in [7, 11) is 0. The molecule has 0 radical (unpaired) electrons. The van der Waals surface area contributed by atoms with Gasteiger partial charge in [-0.1, -0.05) is 17.8 Å². The van der Waals surface area contributed by atoms with Gasteiger partial charge in [0.25, 0.3) is 0 Å². The van der Waals surface area contributed by atoms with E-state index in [4.69, 9.17) is 4.74 Å². The largest absolute Gasteiger partial charge is 0.508 e. The van der Waals surface area contributed by atoms with Gasteiger partial charge in [0.2, 0.25) is 0 Å². The van der Waals surface area contributed by atoms with Crippen molar-refractivity contribution < 1.29 is 14.6 Å². The second-order valence-electron chi connectivity index (χ2n) is 4.90. The molecule has 0 saturated carbocycles. The number of esters is 1. The monoisotopic (exact) mass is 300 g/mol. The molecule has 0 fully saturated rings. The molecule has 3 rings (SSSR count). The first-order valence-corrected chi connectivity index (χ1v) is 7.79. The van der Waals surface area contributed by atoms with Crippen molar-refractivity contribution in [2.24, 2.45) is 0 Å². The lowest BCUT2D eigenvalue weighted by atomic mass is 10.00. The molecule has 1 N–H and O–H groups in total. The quantitative estimate of drug-likeness (QED) is 0.857. The van der Waals surface area contributed by atoms with Gasteiger partial charge in [0.1, 0.15) is 5.75 Å². The summed E-state index contributed by atoms with van der Waals surface area (Å²) >= 11 is 1.64. The first kappa shape index (κ1) is 14.0. The second kappa shape index (κ2) is 5.82. The van der Waals surface area contributed by atoms with Gasteiger partial charge in [0.05, 0.1) is 12.2 Å². The highest BCUT2D eigenvalue weighted by atomic mass is 32.2. The Kier molecular flexibility index (Phi) is 3.88. The molecular weight excluding hydrogens is 284 g/mol. The van der Waals surface area contributed by atoms with E-state index in [1.165, 1.54) is 0 Å². The minimum absolute atomic E-state index is 0.260. The predicted molar refractivity (Wildman–Crippen MR) is 82.0 cm³/mol. The SMILES string of the molecule is CCOC(=O)c1cccc2c1CCc1cc(O)ccc1S2. The molecule has 4 heteroatoms. The fraction of sp³-hybridized carbons (Fsp3) is 0.235. The van der Waals surface area contributed by atoms with Crippen molar-refractivity contribution in [3.63, 3.8) is 0 Å². The molecule has 0 aromatic heterocycles. The van der Waals surface area contributed by atoms with E-state index in [-0.39, 0.29) is 11.7 Å². The molecule has 3 nitrogen and oxygen atoms in total. The van der Waals surface area contributed by atoms with Crippen molar-refractivity contribution in [2.45, 2.75) is 29.6 Å². The summed E-state index contributed by atoms with van der Waals surface area (Å²) < 4.78 is 5.14. The third-order valence-electron chi connectivity index (χ3n) is 3.54. The fourth-order valence-corrected chi connectivity index (χ4v) is 3.71. The summed E-state index contributed by atoms with van der Waals surface area (Å²) in [5.41, 5.74) is 2.81. The van der Waals surface area contributed by atoms with Crippen molar-refractivity contribution in [3.8, 4) is 5.75 Å². The lowest BCUT2D eigenvalue weighted by Crippen LogP contribution is -2.09. The highest BCUT2D eigenvalue weighted by molar-refractivity contribution is 7.99. The number of phenolic OH excluding ortho intramolecular Hbond substituents is 1. The van der Waals surface area contributed by atoms with Gasteiger partial charge in [-0.3, -0.25) is 0 Å². The summed E-state index contributed by atoms with van der Waals surface area (Å²) in [5, 5.41) is 9.63. The first-order valence-electron chi connectivity index (χ1n) is 6.98. The van der Waals surface area contributed by atoms with Crippen LogP contribution in [-0.2, 0) is 17.6 Å². The molecule has 108 valence electrons. The van der Waals surface area contributed by atoms with E-state index in [9.17, 15) is 9.90 Å². The highest BCUT2D eigenvalue weighted by Gasteiger charge is 2.20. The predicted octanol–water partition coefficient (Wildman–Crippen LogP) is 3.82. The summed E-state index contributed by atoms with van der Waals surface area (Å²) in [4.78, 5) is 14.3. The van der Waals surface area contributed by atoms with E-state index < -0.39 is 0 Å². The van der Waals surface area contributed by atoms with Gasteiger partial charge in [-0.25, -0.2) is 4.79 Å². The summed E-state index contributed by atoms with van der Waals surface area (Å²) in [6.45, 7) is 2.19. The van der Waals surface area contributed by atoms with Crippen LogP contribution in [0.4, 0.5) is 0 Å². The Bertz CT molecular complexity index is 694. The maximum atomic E-state index is 12.1. The van der Waals surface area contributed by atoms with E-state index in [0.29, 0.717) is 12.2 Å². The van der Waals surface area contributed by atoms with Crippen LogP contribution < -0.4 is 0 Å². The standard InChI is InChI=1S/C17H16O3S/c1-2-20-17(19)14-4-3-5-16-13(14)8-6-11-10-12(18)7-9-15(11)21-16/h3-5,7,9-10,18H,2,6,8H2,1H3. The molecule has 0 atom stereocenters. The Morgan fingerprint density at radius 1 is 1.24 bits per heavy atom. The lowest BCUT2D eigenvalue weighted by Gasteiger charge is -2.10. The number of aromatic hydroxyl groups is 1. The van der Waals surface area contributed by atoms with Crippen LogP contribution in [0.1, 0.15) is 28.4 Å². The van der Waals surface area contributed by atoms with Gasteiger partial charge in [0.15, 0.2) is 0 Å². The summed E-state index contributed by atoms with van der Waals surface area (Å²) in [6.07, 6.45) is 1.58. The Morgan fingerprint density at radius 3 is 2.90 bits per heavy atom. The van der Waals surface area contributed by atoms with Crippen LogP contribution in [0.5, 0.6) is 5.75 Å². The number of ether oxygens (including phenoxy) is 1. The topological polar surface area (TPSA) is 46.5 Å². The third kappa shape index (κ3) is 2.76. The van der Waals surface area contributed by atoms with Gasteiger partial charge in [-0.15, -0.1) is 0 Å². The third-order valence-corrected chi connectivity index (χ3v) is 4.76. The average molecular weight is 300 g/mol. The number of carbonyl (C=O) groups excluding carboxylic acids is 1. The zero-order chi connectivity index (χ0) is 14.8. The molecule has 0 spiro atoms. The Hall–Kier alpha value is -1.94. The molecule has 21 heavy (non-hydrogen) atoms. The molecule has 0 unspecified atom stereocenters. The van der Waals surface area contributed by atoms with Crippen LogP contribution >= 0.6 is 11.8 Å². The Labute approximate surface area is 127 Å². The van der Waals surface area contributed by atoms with Crippen molar-refractivity contribution in [1.82, 2.24) is 0 Å². The molecular formula is C17H16O3S. The molecule has 0 amide bonds. The number of hydrogen-bond acceptors (Lipinski definition) is 4. The molecule has 1 heterocycles. The van der Waals surface area contributed by atoms with E-state index in [1.54, 1.807) is 23.9 Å². The maximum absolute atomic E-state index is 12.1. The van der Waals surface area contributed by atoms with E-state index in [0.717, 1.165) is 33.8 Å². The van der Waals surface area contributed by atoms with Crippen molar-refractivity contribution in [2.75, 3.05) is 6.61 Å². The van der Waals surface area contributed by atoms with E-state index >= 15 is 0 Å². The normalized spacial score (nSPS) is 13.0. The smallest absolute Gasteiger partial charge is 0.338 e. The molecule has 2 aromatic carbocycles. The maximum Gasteiger partial charge on any atom is 0.338 e. The minimum atomic E-state index is -0.260. The van der Waals surface area contributed by atoms with Gasteiger partial charge < -0.3 is 9.84 Å². The number of aryl methyl sites for hydroxylation is 1. The fourth-order valence-electron chi connectivity index (χ4n) is 2.56. The zero-order valence-corrected chi connectivity index (χ0v) is 12.6. The molecule has 1 aliphatic rings. The first-order chi connectivity index (χ1) is 10.2. The van der Waals surface area contributed by atoms with Crippen LogP contribution in [0.15, 0.2) is 46.2 Å². The number of phenols is 1. The van der Waals surface area contributed by atoms with Crippen LogP contribution in [0, 0.1) is 0 Å². The lowest BCUT2D eigenvalue weighted by molar-refractivity contribution is 0.0524. The Morgan fingerprint density at radius 2 is 2.10 bits per heavy atom. The van der Waals surface area contributed by atoms with Crippen LogP contribution in [0.25, 0.3) is 0 Å². The van der Waals surface area contributed by atoms with E-state index in [1.807, 2.05) is 31.2 Å². The van der Waals surface area contributed by atoms with Gasteiger partial charge in [-0.2, -0.15) is 0 Å². The second-order valence-corrected chi connectivity index (χ2v) is 5.98. The van der Waals surface area contributed by atoms with Crippen molar-refractivity contribution in [3.05, 3.63) is 53.1 Å².